The number of amides is 1. The van der Waals surface area contributed by atoms with Crippen molar-refractivity contribution >= 4 is 11.6 Å². The number of hydrogen-bond donors (Lipinski definition) is 2. The summed E-state index contributed by atoms with van der Waals surface area (Å²) in [6, 6.07) is 5.99. The van der Waals surface area contributed by atoms with Crippen molar-refractivity contribution in [2.45, 2.75) is 32.7 Å². The van der Waals surface area contributed by atoms with E-state index in [-0.39, 0.29) is 24.1 Å². The molecule has 1 aromatic rings. The van der Waals surface area contributed by atoms with Crippen LogP contribution >= 0.6 is 0 Å². The summed E-state index contributed by atoms with van der Waals surface area (Å²) in [5.74, 6) is -0.683. The maximum absolute atomic E-state index is 13.1. The lowest BCUT2D eigenvalue weighted by atomic mass is 10.2. The fourth-order valence-corrected chi connectivity index (χ4v) is 1.73. The molecule has 0 radical (unpaired) electrons. The first-order valence-corrected chi connectivity index (χ1v) is 6.29. The minimum atomic E-state index is -0.561. The molecule has 0 heterocycles. The maximum Gasteiger partial charge on any atom is 0.239 e. The van der Waals surface area contributed by atoms with E-state index in [1.807, 2.05) is 6.92 Å². The van der Waals surface area contributed by atoms with Crippen LogP contribution in [-0.4, -0.2) is 18.5 Å². The molecule has 1 atom stereocenters. The Kier molecular flexibility index (Phi) is 5.80. The minimum absolute atomic E-state index is 0.0373. The number of benzene rings is 1. The van der Waals surface area contributed by atoms with E-state index < -0.39 is 5.82 Å². The summed E-state index contributed by atoms with van der Waals surface area (Å²) in [4.78, 5) is 11.6. The van der Waals surface area contributed by atoms with Crippen LogP contribution in [0.25, 0.3) is 0 Å². The van der Waals surface area contributed by atoms with Crippen LogP contribution in [-0.2, 0) is 4.79 Å². The first kappa shape index (κ1) is 15.0. The van der Waals surface area contributed by atoms with Crippen molar-refractivity contribution in [3.63, 3.8) is 0 Å². The van der Waals surface area contributed by atoms with E-state index in [9.17, 15) is 9.18 Å². The first-order chi connectivity index (χ1) is 9.06. The Morgan fingerprint density at radius 2 is 2.26 bits per heavy atom. The predicted molar refractivity (Wildman–Crippen MR) is 72.1 cm³/mol. The summed E-state index contributed by atoms with van der Waals surface area (Å²) in [5.41, 5.74) is 0.515. The van der Waals surface area contributed by atoms with Crippen molar-refractivity contribution in [2.24, 2.45) is 0 Å². The van der Waals surface area contributed by atoms with Crippen LogP contribution < -0.4 is 10.6 Å². The van der Waals surface area contributed by atoms with E-state index in [1.165, 1.54) is 18.2 Å². The van der Waals surface area contributed by atoms with Crippen molar-refractivity contribution < 1.29 is 9.18 Å². The fraction of sp³-hybridized carbons (Fsp3) is 0.429. The Morgan fingerprint density at radius 3 is 2.89 bits per heavy atom. The second-order valence-corrected chi connectivity index (χ2v) is 4.42. The second kappa shape index (κ2) is 7.37. The highest BCUT2D eigenvalue weighted by atomic mass is 19.1. The van der Waals surface area contributed by atoms with Crippen LogP contribution in [0.5, 0.6) is 0 Å². The van der Waals surface area contributed by atoms with Crippen LogP contribution in [0.4, 0.5) is 10.1 Å². The Morgan fingerprint density at radius 1 is 1.53 bits per heavy atom. The maximum atomic E-state index is 13.1. The molecule has 0 aliphatic carbocycles. The van der Waals surface area contributed by atoms with E-state index >= 15 is 0 Å². The molecule has 1 unspecified atom stereocenters. The third kappa shape index (κ3) is 4.96. The lowest BCUT2D eigenvalue weighted by molar-refractivity contribution is -0.120. The number of nitrogens with zero attached hydrogens (tertiary/aromatic N) is 1. The van der Waals surface area contributed by atoms with E-state index in [4.69, 9.17) is 5.26 Å². The molecule has 0 saturated heterocycles. The van der Waals surface area contributed by atoms with Gasteiger partial charge in [-0.1, -0.05) is 13.3 Å². The van der Waals surface area contributed by atoms with Gasteiger partial charge in [-0.3, -0.25) is 4.79 Å². The highest BCUT2D eigenvalue weighted by Crippen LogP contribution is 2.13. The molecule has 0 bridgehead atoms. The Labute approximate surface area is 112 Å². The molecule has 0 aromatic heterocycles. The van der Waals surface area contributed by atoms with Crippen LogP contribution in [0.3, 0.4) is 0 Å². The number of carbonyl (C=O) groups is 1. The summed E-state index contributed by atoms with van der Waals surface area (Å²) in [5, 5.41) is 14.4. The average molecular weight is 263 g/mol. The summed E-state index contributed by atoms with van der Waals surface area (Å²) >= 11 is 0. The number of rotatable bonds is 6. The Bertz CT molecular complexity index is 482. The van der Waals surface area contributed by atoms with Crippen molar-refractivity contribution in [3.8, 4) is 6.07 Å². The molecule has 4 nitrogen and oxygen atoms in total. The standard InChI is InChI=1S/C14H18FN3O/c1-3-4-10(2)18-14(19)9-17-12-5-6-13(15)11(7-12)8-16/h5-7,10,17H,3-4,9H2,1-2H3,(H,18,19). The van der Waals surface area contributed by atoms with Gasteiger partial charge < -0.3 is 10.6 Å². The number of anilines is 1. The molecule has 0 fully saturated rings. The number of halogens is 1. The predicted octanol–water partition coefficient (Wildman–Crippen LogP) is 2.41. The lowest BCUT2D eigenvalue weighted by Crippen LogP contribution is -2.36. The smallest absolute Gasteiger partial charge is 0.239 e. The summed E-state index contributed by atoms with van der Waals surface area (Å²) < 4.78 is 13.1. The molecule has 19 heavy (non-hydrogen) atoms. The van der Waals surface area contributed by atoms with Crippen LogP contribution in [0, 0.1) is 17.1 Å². The zero-order chi connectivity index (χ0) is 14.3. The van der Waals surface area contributed by atoms with Gasteiger partial charge in [0.05, 0.1) is 12.1 Å². The van der Waals surface area contributed by atoms with Crippen molar-refractivity contribution in [3.05, 3.63) is 29.6 Å². The van der Waals surface area contributed by atoms with E-state index in [2.05, 4.69) is 17.6 Å². The summed E-state index contributed by atoms with van der Waals surface area (Å²) in [6.45, 7) is 4.11. The van der Waals surface area contributed by atoms with E-state index in [1.54, 1.807) is 6.07 Å². The van der Waals surface area contributed by atoms with Gasteiger partial charge >= 0.3 is 0 Å². The second-order valence-electron chi connectivity index (χ2n) is 4.42. The van der Waals surface area contributed by atoms with Gasteiger partial charge in [0.1, 0.15) is 11.9 Å². The largest absolute Gasteiger partial charge is 0.376 e. The van der Waals surface area contributed by atoms with Gasteiger partial charge in [0.25, 0.3) is 0 Å². The van der Waals surface area contributed by atoms with Gasteiger partial charge in [-0.25, -0.2) is 4.39 Å². The van der Waals surface area contributed by atoms with Gasteiger partial charge in [0.2, 0.25) is 5.91 Å². The molecule has 102 valence electrons. The third-order valence-electron chi connectivity index (χ3n) is 2.67. The van der Waals surface area contributed by atoms with Crippen molar-refractivity contribution in [1.82, 2.24) is 5.32 Å². The van der Waals surface area contributed by atoms with Gasteiger partial charge in [-0.15, -0.1) is 0 Å². The van der Waals surface area contributed by atoms with Crippen molar-refractivity contribution in [1.29, 1.82) is 5.26 Å². The molecule has 2 N–H and O–H groups in total. The fourth-order valence-electron chi connectivity index (χ4n) is 1.73. The molecule has 0 aliphatic rings. The molecule has 0 spiro atoms. The Balaban J connectivity index is 2.49. The molecular weight excluding hydrogens is 245 g/mol. The molecular formula is C14H18FN3O. The molecule has 0 saturated carbocycles. The van der Waals surface area contributed by atoms with Crippen LogP contribution in [0.1, 0.15) is 32.3 Å². The summed E-state index contributed by atoms with van der Waals surface area (Å²) in [6.07, 6.45) is 1.94. The first-order valence-electron chi connectivity index (χ1n) is 6.29. The zero-order valence-electron chi connectivity index (χ0n) is 11.2. The van der Waals surface area contributed by atoms with E-state index in [0.717, 1.165) is 12.8 Å². The highest BCUT2D eigenvalue weighted by molar-refractivity contribution is 5.81. The van der Waals surface area contributed by atoms with Gasteiger partial charge in [0, 0.05) is 11.7 Å². The number of nitrogens with one attached hydrogen (secondary N) is 2. The lowest BCUT2D eigenvalue weighted by Gasteiger charge is -2.13. The third-order valence-corrected chi connectivity index (χ3v) is 2.67. The topological polar surface area (TPSA) is 64.9 Å². The molecule has 1 rings (SSSR count). The van der Waals surface area contributed by atoms with Gasteiger partial charge in [-0.05, 0) is 31.5 Å². The SMILES string of the molecule is CCCC(C)NC(=O)CNc1ccc(F)c(C#N)c1. The Hall–Kier alpha value is -2.09. The van der Waals surface area contributed by atoms with Gasteiger partial charge in [0.15, 0.2) is 0 Å². The van der Waals surface area contributed by atoms with E-state index in [0.29, 0.717) is 5.69 Å². The van der Waals surface area contributed by atoms with Crippen molar-refractivity contribution in [2.75, 3.05) is 11.9 Å². The van der Waals surface area contributed by atoms with Crippen LogP contribution in [0.2, 0.25) is 0 Å². The van der Waals surface area contributed by atoms with Crippen LogP contribution in [0.15, 0.2) is 18.2 Å². The molecule has 1 aromatic carbocycles. The quantitative estimate of drug-likeness (QED) is 0.828. The molecule has 5 heteroatoms. The number of carbonyl (C=O) groups excluding carboxylic acids is 1. The normalized spacial score (nSPS) is 11.5. The average Bonchev–Trinajstić information content (AvgIpc) is 2.38. The minimum Gasteiger partial charge on any atom is -0.376 e. The summed E-state index contributed by atoms with van der Waals surface area (Å²) in [7, 11) is 0. The monoisotopic (exact) mass is 263 g/mol. The molecule has 0 aliphatic heterocycles. The highest BCUT2D eigenvalue weighted by Gasteiger charge is 2.07. The molecule has 1 amide bonds. The number of nitriles is 1. The number of hydrogen-bond acceptors (Lipinski definition) is 3. The zero-order valence-corrected chi connectivity index (χ0v) is 11.2. The van der Waals surface area contributed by atoms with Gasteiger partial charge in [-0.2, -0.15) is 5.26 Å².